The van der Waals surface area contributed by atoms with E-state index in [4.69, 9.17) is 11.0 Å². The molecule has 3 nitrogen and oxygen atoms in total. The number of benzene rings is 6. The van der Waals surface area contributed by atoms with Crippen LogP contribution < -0.4 is 0 Å². The van der Waals surface area contributed by atoms with Crippen LogP contribution in [0.15, 0.2) is 126 Å². The Morgan fingerprint density at radius 2 is 1.28 bits per heavy atom. The summed E-state index contributed by atoms with van der Waals surface area (Å²) >= 11 is 0. The summed E-state index contributed by atoms with van der Waals surface area (Å²) in [6, 6.07) is 42.8. The van der Waals surface area contributed by atoms with E-state index in [1.54, 1.807) is 0 Å². The molecule has 2 aromatic heterocycles. The molecule has 9 rings (SSSR count). The zero-order valence-corrected chi connectivity index (χ0v) is 23.8. The van der Waals surface area contributed by atoms with Gasteiger partial charge >= 0.3 is 0 Å². The predicted molar refractivity (Wildman–Crippen MR) is 177 cm³/mol. The van der Waals surface area contributed by atoms with Gasteiger partial charge in [-0.05, 0) is 75.8 Å². The molecule has 0 N–H and O–H groups in total. The average Bonchev–Trinajstić information content (AvgIpc) is 3.66. The van der Waals surface area contributed by atoms with Crippen molar-refractivity contribution >= 4 is 49.4 Å². The molecule has 0 spiro atoms. The van der Waals surface area contributed by atoms with Crippen molar-refractivity contribution in [2.24, 2.45) is 0 Å². The number of furan rings is 1. The predicted octanol–water partition coefficient (Wildman–Crippen LogP) is 11.2. The van der Waals surface area contributed by atoms with Gasteiger partial charge in [-0.1, -0.05) is 92.7 Å². The number of hydrogen-bond donors (Lipinski definition) is 0. The maximum absolute atomic E-state index is 7.86. The highest BCUT2D eigenvalue weighted by atomic mass is 16.3. The first-order valence-electron chi connectivity index (χ1n) is 14.6. The summed E-state index contributed by atoms with van der Waals surface area (Å²) in [5, 5.41) is 4.59. The Labute approximate surface area is 249 Å². The van der Waals surface area contributed by atoms with Crippen LogP contribution in [0.5, 0.6) is 0 Å². The Morgan fingerprint density at radius 1 is 0.581 bits per heavy atom. The van der Waals surface area contributed by atoms with Crippen molar-refractivity contribution in [2.75, 3.05) is 0 Å². The number of fused-ring (bicyclic) bond motifs is 9. The third-order valence-corrected chi connectivity index (χ3v) is 9.42. The average molecular weight is 551 g/mol. The van der Waals surface area contributed by atoms with Crippen LogP contribution in [0.4, 0.5) is 5.69 Å². The second kappa shape index (κ2) is 8.47. The van der Waals surface area contributed by atoms with Gasteiger partial charge in [0.1, 0.15) is 11.2 Å². The van der Waals surface area contributed by atoms with E-state index in [1.165, 1.54) is 33.0 Å². The van der Waals surface area contributed by atoms with Gasteiger partial charge in [0, 0.05) is 27.0 Å². The van der Waals surface area contributed by atoms with Crippen molar-refractivity contribution in [3.05, 3.63) is 144 Å². The van der Waals surface area contributed by atoms with Crippen LogP contribution in [-0.2, 0) is 5.41 Å². The fourth-order valence-electron chi connectivity index (χ4n) is 7.43. The smallest absolute Gasteiger partial charge is 0.188 e. The SMILES string of the molecule is [C-]#[N+]c1ccc(-n2c3ccccc3c3ccccc32)c(-c2cccc3oc4cc5c(cc4c23)-c2ccccc2C5(C)C)c1. The summed E-state index contributed by atoms with van der Waals surface area (Å²) < 4.78 is 8.93. The molecule has 0 amide bonds. The molecule has 3 heteroatoms. The quantitative estimate of drug-likeness (QED) is 0.196. The Kier molecular flexibility index (Phi) is 4.74. The molecule has 1 aliphatic carbocycles. The van der Waals surface area contributed by atoms with E-state index in [9.17, 15) is 0 Å². The highest BCUT2D eigenvalue weighted by molar-refractivity contribution is 6.16. The first-order valence-corrected chi connectivity index (χ1v) is 14.6. The molecule has 1 aliphatic rings. The van der Waals surface area contributed by atoms with Gasteiger partial charge in [0.05, 0.1) is 23.3 Å². The van der Waals surface area contributed by atoms with Gasteiger partial charge in [0.25, 0.3) is 0 Å². The molecule has 0 bridgehead atoms. The summed E-state index contributed by atoms with van der Waals surface area (Å²) in [4.78, 5) is 3.84. The summed E-state index contributed by atoms with van der Waals surface area (Å²) in [6.45, 7) is 12.5. The molecule has 202 valence electrons. The molecule has 8 aromatic rings. The normalized spacial score (nSPS) is 13.5. The zero-order chi connectivity index (χ0) is 28.9. The molecule has 6 aromatic carbocycles. The van der Waals surface area contributed by atoms with Crippen LogP contribution in [0.3, 0.4) is 0 Å². The Morgan fingerprint density at radius 3 is 2.05 bits per heavy atom. The molecular weight excluding hydrogens is 524 g/mol. The lowest BCUT2D eigenvalue weighted by atomic mass is 9.82. The van der Waals surface area contributed by atoms with Crippen LogP contribution >= 0.6 is 0 Å². The number of nitrogens with zero attached hydrogens (tertiary/aromatic N) is 2. The summed E-state index contributed by atoms with van der Waals surface area (Å²) in [5.41, 5.74) is 12.8. The monoisotopic (exact) mass is 550 g/mol. The molecule has 2 heterocycles. The Hall–Kier alpha value is -5.59. The number of aromatic nitrogens is 1. The number of rotatable bonds is 2. The van der Waals surface area contributed by atoms with Crippen LogP contribution in [-0.4, -0.2) is 4.57 Å². The molecule has 0 unspecified atom stereocenters. The largest absolute Gasteiger partial charge is 0.456 e. The van der Waals surface area contributed by atoms with Crippen LogP contribution in [0, 0.1) is 6.57 Å². The second-order valence-corrected chi connectivity index (χ2v) is 12.0. The lowest BCUT2D eigenvalue weighted by Crippen LogP contribution is -2.14. The van der Waals surface area contributed by atoms with Crippen LogP contribution in [0.2, 0.25) is 0 Å². The molecule has 0 radical (unpaired) electrons. The number of hydrogen-bond acceptors (Lipinski definition) is 1. The van der Waals surface area contributed by atoms with E-state index in [2.05, 4.69) is 132 Å². The Bertz CT molecular complexity index is 2450. The van der Waals surface area contributed by atoms with Gasteiger partial charge in [-0.25, -0.2) is 4.85 Å². The second-order valence-electron chi connectivity index (χ2n) is 12.0. The van der Waals surface area contributed by atoms with Gasteiger partial charge in [-0.3, -0.25) is 0 Å². The zero-order valence-electron chi connectivity index (χ0n) is 23.8. The minimum atomic E-state index is -0.102. The topological polar surface area (TPSA) is 22.4 Å². The maximum Gasteiger partial charge on any atom is 0.188 e. The highest BCUT2D eigenvalue weighted by Crippen LogP contribution is 2.51. The fraction of sp³-hybridized carbons (Fsp3) is 0.0750. The molecule has 43 heavy (non-hydrogen) atoms. The standard InChI is InChI=1S/C40H26N2O/c1-40(2)32-15-7-4-11-25(32)29-22-31-38(23-33(29)40)43-37-18-10-14-28(39(31)37)30-21-24(41-3)19-20-36(30)42-34-16-8-5-12-26(34)27-13-6-9-17-35(27)42/h4-23H,1-2H3. The lowest BCUT2D eigenvalue weighted by Gasteiger charge is -2.21. The van der Waals surface area contributed by atoms with Gasteiger partial charge in [0.2, 0.25) is 0 Å². The molecule has 0 atom stereocenters. The molecule has 0 saturated heterocycles. The highest BCUT2D eigenvalue weighted by Gasteiger charge is 2.36. The summed E-state index contributed by atoms with van der Waals surface area (Å²) in [7, 11) is 0. The molecule has 0 fully saturated rings. The van der Waals surface area contributed by atoms with E-state index in [-0.39, 0.29) is 5.41 Å². The van der Waals surface area contributed by atoms with E-state index in [0.717, 1.165) is 49.8 Å². The van der Waals surface area contributed by atoms with Gasteiger partial charge in [-0.2, -0.15) is 0 Å². The molecule has 0 aliphatic heterocycles. The van der Waals surface area contributed by atoms with Crippen LogP contribution in [0.1, 0.15) is 25.0 Å². The third-order valence-electron chi connectivity index (χ3n) is 9.42. The summed E-state index contributed by atoms with van der Waals surface area (Å²) in [6.07, 6.45) is 0. The van der Waals surface area contributed by atoms with Crippen LogP contribution in [0.25, 0.3) is 76.5 Å². The number of para-hydroxylation sites is 2. The van der Waals surface area contributed by atoms with Gasteiger partial charge < -0.3 is 8.98 Å². The van der Waals surface area contributed by atoms with Crippen molar-refractivity contribution in [3.8, 4) is 27.9 Å². The van der Waals surface area contributed by atoms with E-state index in [1.807, 2.05) is 12.1 Å². The summed E-state index contributed by atoms with van der Waals surface area (Å²) in [5.74, 6) is 0. The van der Waals surface area contributed by atoms with Crippen molar-refractivity contribution in [1.29, 1.82) is 0 Å². The van der Waals surface area contributed by atoms with Crippen molar-refractivity contribution in [3.63, 3.8) is 0 Å². The minimum absolute atomic E-state index is 0.102. The van der Waals surface area contributed by atoms with Gasteiger partial charge in [0.15, 0.2) is 5.69 Å². The Balaban J connectivity index is 1.39. The van der Waals surface area contributed by atoms with Gasteiger partial charge in [-0.15, -0.1) is 0 Å². The maximum atomic E-state index is 7.86. The molecular formula is C40H26N2O. The minimum Gasteiger partial charge on any atom is -0.456 e. The fourth-order valence-corrected chi connectivity index (χ4v) is 7.43. The first kappa shape index (κ1) is 24.1. The van der Waals surface area contributed by atoms with Crippen molar-refractivity contribution < 1.29 is 4.42 Å². The van der Waals surface area contributed by atoms with E-state index in [0.29, 0.717) is 5.69 Å². The first-order chi connectivity index (χ1) is 21.0. The third kappa shape index (κ3) is 3.18. The van der Waals surface area contributed by atoms with Crippen molar-refractivity contribution in [2.45, 2.75) is 19.3 Å². The van der Waals surface area contributed by atoms with E-state index < -0.39 is 0 Å². The van der Waals surface area contributed by atoms with Crippen molar-refractivity contribution in [1.82, 2.24) is 4.57 Å². The molecule has 0 saturated carbocycles. The lowest BCUT2D eigenvalue weighted by molar-refractivity contribution is 0.647. The van der Waals surface area contributed by atoms with E-state index >= 15 is 0 Å².